The Balaban J connectivity index is 2.50. The Labute approximate surface area is 154 Å². The predicted octanol–water partition coefficient (Wildman–Crippen LogP) is 6.77. The molecule has 0 atom stereocenters. The quantitative estimate of drug-likeness (QED) is 0.281. The summed E-state index contributed by atoms with van der Waals surface area (Å²) in [5, 5.41) is 0. The lowest BCUT2D eigenvalue weighted by Gasteiger charge is -2.19. The summed E-state index contributed by atoms with van der Waals surface area (Å²) in [5.41, 5.74) is 2.72. The van der Waals surface area contributed by atoms with Gasteiger partial charge in [0.25, 0.3) is 0 Å². The van der Waals surface area contributed by atoms with Gasteiger partial charge in [-0.25, -0.2) is 4.79 Å². The third kappa shape index (κ3) is 7.94. The second-order valence-corrected chi connectivity index (χ2v) is 8.73. The molecule has 0 fully saturated rings. The average molecular weight is 349 g/mol. The lowest BCUT2D eigenvalue weighted by Crippen LogP contribution is -2.10. The Bertz CT molecular complexity index is 539. The molecule has 0 radical (unpaired) electrons. The molecule has 0 aromatic heterocycles. The maximum atomic E-state index is 11.9. The lowest BCUT2D eigenvalue weighted by atomic mass is 9.89. The minimum atomic E-state index is -0.291. The number of rotatable bonds is 9. The van der Waals surface area contributed by atoms with E-state index >= 15 is 0 Å². The molecule has 0 heterocycles. The van der Waals surface area contributed by atoms with Crippen LogP contribution >= 0.6 is 0 Å². The van der Waals surface area contributed by atoms with E-state index in [1.807, 2.05) is 12.1 Å². The summed E-state index contributed by atoms with van der Waals surface area (Å²) in [4.78, 5) is 22.4. The van der Waals surface area contributed by atoms with Crippen molar-refractivity contribution in [2.45, 2.75) is 92.4 Å². The smallest absolute Gasteiger partial charge is 0.287 e. The molecule has 0 aliphatic carbocycles. The largest absolute Gasteiger partial charge is 0.355 e. The molecule has 3 nitrogen and oxygen atoms in total. The molecule has 0 amide bonds. The summed E-state index contributed by atoms with van der Waals surface area (Å²) in [7, 11) is 0. The number of hydrogen-bond donors (Lipinski definition) is 0. The van der Waals surface area contributed by atoms with Crippen LogP contribution in [0.25, 0.3) is 0 Å². The van der Waals surface area contributed by atoms with Crippen molar-refractivity contribution in [2.24, 2.45) is 5.41 Å². The van der Waals surface area contributed by atoms with Crippen LogP contribution in [0.2, 0.25) is 0 Å². The van der Waals surface area contributed by atoms with Crippen LogP contribution in [-0.4, -0.2) is 5.97 Å². The molecular formula is C22H36O3. The fourth-order valence-corrected chi connectivity index (χ4v) is 2.99. The van der Waals surface area contributed by atoms with E-state index in [0.29, 0.717) is 29.4 Å². The van der Waals surface area contributed by atoms with E-state index in [0.717, 1.165) is 24.8 Å². The molecule has 1 aromatic carbocycles. The van der Waals surface area contributed by atoms with Gasteiger partial charge < -0.3 is 0 Å². The molecule has 1 rings (SSSR count). The van der Waals surface area contributed by atoms with E-state index in [-0.39, 0.29) is 5.97 Å². The number of benzene rings is 1. The molecular weight excluding hydrogens is 312 g/mol. The number of carbonyl (C=O) groups is 1. The highest BCUT2D eigenvalue weighted by Gasteiger charge is 2.17. The number of hydrogen-bond acceptors (Lipinski definition) is 3. The van der Waals surface area contributed by atoms with Crippen LogP contribution in [0.3, 0.4) is 0 Å². The molecule has 3 heteroatoms. The lowest BCUT2D eigenvalue weighted by molar-refractivity contribution is -0.214. The van der Waals surface area contributed by atoms with Crippen LogP contribution < -0.4 is 4.89 Å². The first-order chi connectivity index (χ1) is 11.6. The zero-order valence-electron chi connectivity index (χ0n) is 17.1. The second-order valence-electron chi connectivity index (χ2n) is 8.73. The Morgan fingerprint density at radius 1 is 1.00 bits per heavy atom. The van der Waals surface area contributed by atoms with Crippen LogP contribution in [0.4, 0.5) is 0 Å². The van der Waals surface area contributed by atoms with Gasteiger partial charge in [0.15, 0.2) is 5.75 Å². The molecule has 0 saturated heterocycles. The summed E-state index contributed by atoms with van der Waals surface area (Å²) in [6, 6.07) is 5.94. The Hall–Kier alpha value is -1.51. The Morgan fingerprint density at radius 3 is 2.24 bits per heavy atom. The van der Waals surface area contributed by atoms with Gasteiger partial charge in [-0.3, -0.25) is 9.78 Å². The minimum absolute atomic E-state index is 0.291. The van der Waals surface area contributed by atoms with Crippen molar-refractivity contribution in [1.82, 2.24) is 0 Å². The zero-order valence-corrected chi connectivity index (χ0v) is 17.1. The highest BCUT2D eigenvalue weighted by atomic mass is 17.2. The number of carbonyl (C=O) groups excluding carboxylic acids is 1. The first-order valence-electron chi connectivity index (χ1n) is 9.62. The fourth-order valence-electron chi connectivity index (χ4n) is 2.99. The molecule has 0 saturated carbocycles. The highest BCUT2D eigenvalue weighted by Crippen LogP contribution is 2.34. The van der Waals surface area contributed by atoms with Crippen LogP contribution in [-0.2, 0) is 9.68 Å². The van der Waals surface area contributed by atoms with E-state index in [2.05, 4.69) is 54.5 Å². The van der Waals surface area contributed by atoms with Crippen molar-refractivity contribution in [2.75, 3.05) is 0 Å². The van der Waals surface area contributed by atoms with Gasteiger partial charge in [0.05, 0.1) is 6.42 Å². The average Bonchev–Trinajstić information content (AvgIpc) is 2.50. The standard InChI is InChI=1S/C22H36O3/c1-16(2)18-12-11-13-19(21(18)17(3)4)24-25-20(23)14-9-8-10-15-22(5,6)7/h11-13,16-17H,8-10,14-15H2,1-7H3. The molecule has 1 aromatic rings. The second kappa shape index (κ2) is 9.84. The van der Waals surface area contributed by atoms with Crippen molar-refractivity contribution in [3.8, 4) is 5.75 Å². The van der Waals surface area contributed by atoms with Crippen LogP contribution in [0.15, 0.2) is 18.2 Å². The first kappa shape index (κ1) is 21.5. The normalized spacial score (nSPS) is 11.9. The van der Waals surface area contributed by atoms with Gasteiger partial charge in [0, 0.05) is 5.56 Å². The highest BCUT2D eigenvalue weighted by molar-refractivity contribution is 5.68. The van der Waals surface area contributed by atoms with Crippen LogP contribution in [0.5, 0.6) is 5.75 Å². The first-order valence-corrected chi connectivity index (χ1v) is 9.62. The monoisotopic (exact) mass is 348 g/mol. The molecule has 0 bridgehead atoms. The third-order valence-electron chi connectivity index (χ3n) is 4.33. The van der Waals surface area contributed by atoms with Crippen molar-refractivity contribution in [1.29, 1.82) is 0 Å². The van der Waals surface area contributed by atoms with Gasteiger partial charge in [-0.05, 0) is 41.7 Å². The van der Waals surface area contributed by atoms with Gasteiger partial charge in [-0.1, -0.05) is 73.4 Å². The van der Waals surface area contributed by atoms with Gasteiger partial charge >= 0.3 is 5.97 Å². The molecule has 0 aliphatic rings. The third-order valence-corrected chi connectivity index (χ3v) is 4.33. The molecule has 0 N–H and O–H groups in total. The van der Waals surface area contributed by atoms with Crippen molar-refractivity contribution >= 4 is 5.97 Å². The molecule has 25 heavy (non-hydrogen) atoms. The van der Waals surface area contributed by atoms with Crippen LogP contribution in [0, 0.1) is 5.41 Å². The maximum absolute atomic E-state index is 11.9. The van der Waals surface area contributed by atoms with Gasteiger partial charge in [-0.2, -0.15) is 0 Å². The minimum Gasteiger partial charge on any atom is -0.287 e. The molecule has 0 spiro atoms. The van der Waals surface area contributed by atoms with E-state index in [1.54, 1.807) is 0 Å². The molecule has 142 valence electrons. The van der Waals surface area contributed by atoms with Crippen LogP contribution in [0.1, 0.15) is 104 Å². The predicted molar refractivity (Wildman–Crippen MR) is 104 cm³/mol. The van der Waals surface area contributed by atoms with Crippen molar-refractivity contribution < 1.29 is 14.6 Å². The van der Waals surface area contributed by atoms with Crippen molar-refractivity contribution in [3.05, 3.63) is 29.3 Å². The summed E-state index contributed by atoms with van der Waals surface area (Å²) in [6.45, 7) is 15.3. The Morgan fingerprint density at radius 2 is 1.68 bits per heavy atom. The topological polar surface area (TPSA) is 35.5 Å². The molecule has 0 unspecified atom stereocenters. The fraction of sp³-hybridized carbons (Fsp3) is 0.682. The number of unbranched alkanes of at least 4 members (excludes halogenated alkanes) is 2. The van der Waals surface area contributed by atoms with Gasteiger partial charge in [0.2, 0.25) is 0 Å². The summed E-state index contributed by atoms with van der Waals surface area (Å²) in [6.07, 6.45) is 4.63. The van der Waals surface area contributed by atoms with E-state index in [1.165, 1.54) is 12.0 Å². The van der Waals surface area contributed by atoms with E-state index < -0.39 is 0 Å². The SMILES string of the molecule is CC(C)c1cccc(OOC(=O)CCCCCC(C)(C)C)c1C(C)C. The Kier molecular flexibility index (Phi) is 8.47. The summed E-state index contributed by atoms with van der Waals surface area (Å²) >= 11 is 0. The van der Waals surface area contributed by atoms with Gasteiger partial charge in [0.1, 0.15) is 0 Å². The van der Waals surface area contributed by atoms with E-state index in [4.69, 9.17) is 9.78 Å². The molecule has 0 aliphatic heterocycles. The summed E-state index contributed by atoms with van der Waals surface area (Å²) < 4.78 is 0. The van der Waals surface area contributed by atoms with E-state index in [9.17, 15) is 4.79 Å². The zero-order chi connectivity index (χ0) is 19.0. The summed E-state index contributed by atoms with van der Waals surface area (Å²) in [5.74, 6) is 1.08. The van der Waals surface area contributed by atoms with Crippen molar-refractivity contribution in [3.63, 3.8) is 0 Å². The maximum Gasteiger partial charge on any atom is 0.355 e. The van der Waals surface area contributed by atoms with Gasteiger partial charge in [-0.15, -0.1) is 0 Å².